The van der Waals surface area contributed by atoms with Gasteiger partial charge in [0.15, 0.2) is 5.60 Å². The molecule has 98 valence electrons. The molecule has 2 rings (SSSR count). The Morgan fingerprint density at radius 2 is 2.18 bits per heavy atom. The van der Waals surface area contributed by atoms with Crippen LogP contribution in [0.15, 0.2) is 0 Å². The fraction of sp³-hybridized carbons (Fsp3) is 0.923. The van der Waals surface area contributed by atoms with Gasteiger partial charge in [0.25, 0.3) is 0 Å². The van der Waals surface area contributed by atoms with E-state index in [1.807, 2.05) is 13.8 Å². The molecule has 1 spiro atoms. The fourth-order valence-electron chi connectivity index (χ4n) is 3.31. The summed E-state index contributed by atoms with van der Waals surface area (Å²) >= 11 is 0. The monoisotopic (exact) mass is 242 g/mol. The molecule has 17 heavy (non-hydrogen) atoms. The first-order chi connectivity index (χ1) is 7.87. The second kappa shape index (κ2) is 3.95. The summed E-state index contributed by atoms with van der Waals surface area (Å²) in [5, 5.41) is 0. The molecular weight excluding hydrogens is 218 g/mol. The molecule has 1 N–H and O–H groups in total. The van der Waals surface area contributed by atoms with E-state index in [0.29, 0.717) is 18.6 Å². The van der Waals surface area contributed by atoms with Crippen molar-refractivity contribution < 1.29 is 19.2 Å². The van der Waals surface area contributed by atoms with Gasteiger partial charge in [0, 0.05) is 12.3 Å². The summed E-state index contributed by atoms with van der Waals surface area (Å²) in [6.45, 7) is 9.59. The Kier molecular flexibility index (Phi) is 2.99. The highest BCUT2D eigenvalue weighted by Gasteiger charge is 2.76. The quantitative estimate of drug-likeness (QED) is 0.548. The molecule has 0 saturated carbocycles. The van der Waals surface area contributed by atoms with E-state index in [0.717, 1.165) is 13.0 Å². The number of quaternary nitrogens is 1. The first-order valence-corrected chi connectivity index (χ1v) is 6.57. The maximum atomic E-state index is 12.0. The Hall–Kier alpha value is -0.610. The Balaban J connectivity index is 2.15. The van der Waals surface area contributed by atoms with Crippen molar-refractivity contribution in [1.82, 2.24) is 0 Å². The van der Waals surface area contributed by atoms with Gasteiger partial charge >= 0.3 is 5.97 Å². The Labute approximate surface area is 103 Å². The van der Waals surface area contributed by atoms with E-state index in [4.69, 9.17) is 9.47 Å². The van der Waals surface area contributed by atoms with Gasteiger partial charge in [-0.2, -0.15) is 0 Å². The number of carbonyl (C=O) groups excluding carboxylic acids is 1. The van der Waals surface area contributed by atoms with E-state index >= 15 is 0 Å². The zero-order valence-corrected chi connectivity index (χ0v) is 11.5. The number of likely N-dealkylation sites (tertiary alicyclic amines) is 1. The number of epoxide rings is 1. The van der Waals surface area contributed by atoms with Crippen LogP contribution in [0.1, 0.15) is 34.1 Å². The van der Waals surface area contributed by atoms with Gasteiger partial charge < -0.3 is 14.4 Å². The van der Waals surface area contributed by atoms with E-state index in [2.05, 4.69) is 20.9 Å². The highest BCUT2D eigenvalue weighted by Crippen LogP contribution is 2.56. The lowest BCUT2D eigenvalue weighted by molar-refractivity contribution is -0.914. The van der Waals surface area contributed by atoms with Crippen molar-refractivity contribution in [3.63, 3.8) is 0 Å². The van der Waals surface area contributed by atoms with Crippen LogP contribution in [0.25, 0.3) is 0 Å². The molecule has 5 atom stereocenters. The Bertz CT molecular complexity index is 333. The minimum Gasteiger partial charge on any atom is -0.464 e. The van der Waals surface area contributed by atoms with E-state index in [1.165, 1.54) is 4.90 Å². The van der Waals surface area contributed by atoms with E-state index in [9.17, 15) is 4.79 Å². The molecule has 0 amide bonds. The van der Waals surface area contributed by atoms with Crippen LogP contribution >= 0.6 is 0 Å². The summed E-state index contributed by atoms with van der Waals surface area (Å²) < 4.78 is 11.0. The number of hydrogen-bond acceptors (Lipinski definition) is 3. The standard InChI is InChI=1S/C13H23NO3/c1-6-16-11(15)12(4)13(17-12)7-10(3)14(5)8-9(13)2/h9-10H,6-8H2,1-5H3/p+1/t9-,10-,12-,13+/m0/s1. The van der Waals surface area contributed by atoms with Crippen molar-refractivity contribution in [3.8, 4) is 0 Å². The lowest BCUT2D eigenvalue weighted by Crippen LogP contribution is -3.15. The van der Waals surface area contributed by atoms with Crippen LogP contribution in [-0.4, -0.2) is 43.4 Å². The highest BCUT2D eigenvalue weighted by atomic mass is 16.7. The van der Waals surface area contributed by atoms with Gasteiger partial charge in [-0.1, -0.05) is 6.92 Å². The molecule has 4 nitrogen and oxygen atoms in total. The predicted molar refractivity (Wildman–Crippen MR) is 63.9 cm³/mol. The number of rotatable bonds is 2. The van der Waals surface area contributed by atoms with Gasteiger partial charge in [0.2, 0.25) is 0 Å². The van der Waals surface area contributed by atoms with Crippen LogP contribution in [0.3, 0.4) is 0 Å². The predicted octanol–water partition coefficient (Wildman–Crippen LogP) is 0.0202. The summed E-state index contributed by atoms with van der Waals surface area (Å²) in [6, 6.07) is 0.530. The largest absolute Gasteiger partial charge is 0.464 e. The third kappa shape index (κ3) is 1.69. The molecule has 2 heterocycles. The summed E-state index contributed by atoms with van der Waals surface area (Å²) in [5.74, 6) is 0.201. The second-order valence-corrected chi connectivity index (χ2v) is 5.80. The molecule has 2 fully saturated rings. The summed E-state index contributed by atoms with van der Waals surface area (Å²) in [5.41, 5.74) is -0.991. The van der Waals surface area contributed by atoms with Crippen molar-refractivity contribution in [2.45, 2.75) is 51.4 Å². The maximum absolute atomic E-state index is 12.0. The van der Waals surface area contributed by atoms with Crippen LogP contribution in [0.4, 0.5) is 0 Å². The molecule has 0 aliphatic carbocycles. The number of ether oxygens (including phenoxy) is 2. The van der Waals surface area contributed by atoms with Crippen molar-refractivity contribution >= 4 is 5.97 Å². The molecule has 2 aliphatic rings. The van der Waals surface area contributed by atoms with Gasteiger partial charge in [0.1, 0.15) is 5.60 Å². The first kappa shape index (κ1) is 12.8. The van der Waals surface area contributed by atoms with Gasteiger partial charge in [-0.3, -0.25) is 0 Å². The van der Waals surface area contributed by atoms with Crippen LogP contribution < -0.4 is 4.90 Å². The average Bonchev–Trinajstić information content (AvgIpc) is 2.85. The summed E-state index contributed by atoms with van der Waals surface area (Å²) in [4.78, 5) is 13.5. The molecule has 2 aliphatic heterocycles. The zero-order chi connectivity index (χ0) is 12.8. The molecule has 0 bridgehead atoms. The Morgan fingerprint density at radius 1 is 1.53 bits per heavy atom. The van der Waals surface area contributed by atoms with Gasteiger partial charge in [-0.15, -0.1) is 0 Å². The van der Waals surface area contributed by atoms with E-state index < -0.39 is 5.60 Å². The van der Waals surface area contributed by atoms with E-state index in [-0.39, 0.29) is 11.6 Å². The van der Waals surface area contributed by atoms with Crippen molar-refractivity contribution in [2.24, 2.45) is 5.92 Å². The SMILES string of the molecule is CCOC(=O)[C@]1(C)O[C@@]12C[C@H](C)[NH+](C)C[C@@H]2C. The normalized spacial score (nSPS) is 49.1. The third-order valence-electron chi connectivity index (χ3n) is 4.69. The van der Waals surface area contributed by atoms with Crippen molar-refractivity contribution in [1.29, 1.82) is 0 Å². The van der Waals surface area contributed by atoms with Crippen LogP contribution in [0.2, 0.25) is 0 Å². The van der Waals surface area contributed by atoms with Gasteiger partial charge in [-0.25, -0.2) is 4.79 Å². The van der Waals surface area contributed by atoms with Crippen molar-refractivity contribution in [2.75, 3.05) is 20.2 Å². The smallest absolute Gasteiger partial charge is 0.341 e. The number of carbonyl (C=O) groups is 1. The number of piperidine rings is 1. The summed E-state index contributed by atoms with van der Waals surface area (Å²) in [6.07, 6.45) is 0.940. The zero-order valence-electron chi connectivity index (χ0n) is 11.5. The van der Waals surface area contributed by atoms with E-state index in [1.54, 1.807) is 0 Å². The molecule has 1 unspecified atom stereocenters. The molecule has 2 saturated heterocycles. The minimum absolute atomic E-state index is 0.196. The molecule has 0 aromatic carbocycles. The number of nitrogens with one attached hydrogen (secondary N) is 1. The van der Waals surface area contributed by atoms with Crippen LogP contribution in [-0.2, 0) is 14.3 Å². The Morgan fingerprint density at radius 3 is 2.76 bits per heavy atom. The van der Waals surface area contributed by atoms with Gasteiger partial charge in [-0.05, 0) is 20.8 Å². The second-order valence-electron chi connectivity index (χ2n) is 5.80. The number of hydrogen-bond donors (Lipinski definition) is 1. The summed E-state index contributed by atoms with van der Waals surface area (Å²) in [7, 11) is 2.21. The fourth-order valence-corrected chi connectivity index (χ4v) is 3.31. The molecule has 0 aromatic rings. The molecule has 0 radical (unpaired) electrons. The number of esters is 1. The van der Waals surface area contributed by atoms with Crippen LogP contribution in [0.5, 0.6) is 0 Å². The molecular formula is C13H24NO3+. The molecule has 4 heteroatoms. The minimum atomic E-state index is -0.711. The first-order valence-electron chi connectivity index (χ1n) is 6.57. The lowest BCUT2D eigenvalue weighted by Gasteiger charge is -2.36. The average molecular weight is 242 g/mol. The van der Waals surface area contributed by atoms with Gasteiger partial charge in [0.05, 0.1) is 26.2 Å². The van der Waals surface area contributed by atoms with Crippen LogP contribution in [0, 0.1) is 5.92 Å². The topological polar surface area (TPSA) is 43.3 Å². The lowest BCUT2D eigenvalue weighted by atomic mass is 9.76. The third-order valence-corrected chi connectivity index (χ3v) is 4.69. The maximum Gasteiger partial charge on any atom is 0.341 e. The van der Waals surface area contributed by atoms with Crippen molar-refractivity contribution in [3.05, 3.63) is 0 Å². The molecule has 0 aromatic heterocycles. The highest BCUT2D eigenvalue weighted by molar-refractivity contribution is 5.84.